The van der Waals surface area contributed by atoms with Crippen LogP contribution in [0.3, 0.4) is 0 Å². The Hall–Kier alpha value is -1.02. The molecule has 102 valence electrons. The maximum atomic E-state index is 5.39. The number of aryl methyl sites for hydroxylation is 1. The average molecular weight is 249 g/mol. The topological polar surface area (TPSA) is 12.5 Å². The van der Waals surface area contributed by atoms with Gasteiger partial charge in [0.2, 0.25) is 0 Å². The van der Waals surface area contributed by atoms with Crippen LogP contribution in [0.2, 0.25) is 0 Å². The Morgan fingerprint density at radius 3 is 2.33 bits per heavy atom. The Balaban J connectivity index is 0.000000771. The highest BCUT2D eigenvalue weighted by molar-refractivity contribution is 5.38. The Morgan fingerprint density at radius 1 is 1.17 bits per heavy atom. The number of hydrogen-bond acceptors (Lipinski definition) is 2. The molecule has 0 aliphatic carbocycles. The zero-order valence-electron chi connectivity index (χ0n) is 12.5. The van der Waals surface area contributed by atoms with Gasteiger partial charge in [-0.3, -0.25) is 0 Å². The maximum absolute atomic E-state index is 5.39. The van der Waals surface area contributed by atoms with Crippen LogP contribution in [0.15, 0.2) is 18.2 Å². The smallest absolute Gasteiger partial charge is 0.122 e. The molecular weight excluding hydrogens is 222 g/mol. The number of rotatable bonds is 2. The van der Waals surface area contributed by atoms with E-state index < -0.39 is 0 Å². The summed E-state index contributed by atoms with van der Waals surface area (Å²) in [6, 6.07) is 6.64. The van der Waals surface area contributed by atoms with Gasteiger partial charge in [-0.1, -0.05) is 26.0 Å². The second-order valence-electron chi connectivity index (χ2n) is 4.81. The summed E-state index contributed by atoms with van der Waals surface area (Å²) >= 11 is 0. The Kier molecular flexibility index (Phi) is 6.20. The summed E-state index contributed by atoms with van der Waals surface area (Å²) in [5, 5.41) is 0. The highest BCUT2D eigenvalue weighted by Crippen LogP contribution is 2.30. The number of nitrogens with zero attached hydrogens (tertiary/aromatic N) is 1. The SMILES string of the molecule is CC.COc1cc(C2CCN(C)CC2)ccc1C. The Bertz CT molecular complexity index is 354. The minimum atomic E-state index is 0.714. The van der Waals surface area contributed by atoms with Crippen LogP contribution in [0.4, 0.5) is 0 Å². The zero-order valence-corrected chi connectivity index (χ0v) is 12.5. The Morgan fingerprint density at radius 2 is 1.78 bits per heavy atom. The summed E-state index contributed by atoms with van der Waals surface area (Å²) in [6.45, 7) is 8.51. The fourth-order valence-corrected chi connectivity index (χ4v) is 2.43. The van der Waals surface area contributed by atoms with Crippen molar-refractivity contribution in [1.29, 1.82) is 0 Å². The largest absolute Gasteiger partial charge is 0.496 e. The minimum Gasteiger partial charge on any atom is -0.496 e. The Labute approximate surface area is 112 Å². The maximum Gasteiger partial charge on any atom is 0.122 e. The van der Waals surface area contributed by atoms with E-state index in [0.717, 1.165) is 5.75 Å². The number of piperidine rings is 1. The lowest BCUT2D eigenvalue weighted by atomic mass is 9.89. The van der Waals surface area contributed by atoms with Gasteiger partial charge in [-0.2, -0.15) is 0 Å². The molecule has 0 unspecified atom stereocenters. The highest BCUT2D eigenvalue weighted by atomic mass is 16.5. The predicted octanol–water partition coefficient (Wildman–Crippen LogP) is 3.84. The van der Waals surface area contributed by atoms with E-state index in [9.17, 15) is 0 Å². The molecule has 0 amide bonds. The summed E-state index contributed by atoms with van der Waals surface area (Å²) in [5.41, 5.74) is 2.66. The van der Waals surface area contributed by atoms with Crippen LogP contribution >= 0.6 is 0 Å². The number of likely N-dealkylation sites (tertiary alicyclic amines) is 1. The molecule has 0 radical (unpaired) electrons. The lowest BCUT2D eigenvalue weighted by Gasteiger charge is -2.29. The van der Waals surface area contributed by atoms with Gasteiger partial charge in [0.25, 0.3) is 0 Å². The van der Waals surface area contributed by atoms with Crippen molar-refractivity contribution in [3.8, 4) is 5.75 Å². The third-order valence-electron chi connectivity index (χ3n) is 3.62. The van der Waals surface area contributed by atoms with Crippen molar-refractivity contribution in [3.05, 3.63) is 29.3 Å². The molecule has 1 heterocycles. The molecule has 1 saturated heterocycles. The second-order valence-corrected chi connectivity index (χ2v) is 4.81. The first-order chi connectivity index (χ1) is 8.70. The number of ether oxygens (including phenoxy) is 1. The first kappa shape index (κ1) is 15.0. The van der Waals surface area contributed by atoms with Crippen LogP contribution in [0.25, 0.3) is 0 Å². The third-order valence-corrected chi connectivity index (χ3v) is 3.62. The van der Waals surface area contributed by atoms with Crippen molar-refractivity contribution < 1.29 is 4.74 Å². The van der Waals surface area contributed by atoms with E-state index in [1.807, 2.05) is 13.8 Å². The monoisotopic (exact) mass is 249 g/mol. The quantitative estimate of drug-likeness (QED) is 0.789. The van der Waals surface area contributed by atoms with Crippen LogP contribution in [-0.2, 0) is 0 Å². The lowest BCUT2D eigenvalue weighted by molar-refractivity contribution is 0.255. The number of hydrogen-bond donors (Lipinski definition) is 0. The van der Waals surface area contributed by atoms with Gasteiger partial charge >= 0.3 is 0 Å². The molecule has 1 aromatic rings. The van der Waals surface area contributed by atoms with Crippen molar-refractivity contribution in [2.75, 3.05) is 27.2 Å². The lowest BCUT2D eigenvalue weighted by Crippen LogP contribution is -2.29. The van der Waals surface area contributed by atoms with Gasteiger partial charge in [0.15, 0.2) is 0 Å². The van der Waals surface area contributed by atoms with Crippen molar-refractivity contribution in [3.63, 3.8) is 0 Å². The molecule has 0 spiro atoms. The van der Waals surface area contributed by atoms with Crippen LogP contribution in [0, 0.1) is 6.92 Å². The fraction of sp³-hybridized carbons (Fsp3) is 0.625. The highest BCUT2D eigenvalue weighted by Gasteiger charge is 2.18. The van der Waals surface area contributed by atoms with Crippen molar-refractivity contribution in [1.82, 2.24) is 4.90 Å². The van der Waals surface area contributed by atoms with Crippen molar-refractivity contribution >= 4 is 0 Å². The molecule has 0 aromatic heterocycles. The van der Waals surface area contributed by atoms with E-state index in [1.165, 1.54) is 37.1 Å². The summed E-state index contributed by atoms with van der Waals surface area (Å²) < 4.78 is 5.39. The molecule has 1 aromatic carbocycles. The van der Waals surface area contributed by atoms with Gasteiger partial charge in [-0.05, 0) is 63.0 Å². The molecule has 2 heteroatoms. The molecule has 2 nitrogen and oxygen atoms in total. The van der Waals surface area contributed by atoms with E-state index in [0.29, 0.717) is 5.92 Å². The second kappa shape index (κ2) is 7.42. The van der Waals surface area contributed by atoms with Crippen molar-refractivity contribution in [2.24, 2.45) is 0 Å². The third kappa shape index (κ3) is 3.74. The first-order valence-corrected chi connectivity index (χ1v) is 7.04. The number of benzene rings is 1. The van der Waals surface area contributed by atoms with Gasteiger partial charge in [-0.15, -0.1) is 0 Å². The van der Waals surface area contributed by atoms with E-state index >= 15 is 0 Å². The predicted molar refractivity (Wildman–Crippen MR) is 78.6 cm³/mol. The van der Waals surface area contributed by atoms with Gasteiger partial charge in [0.1, 0.15) is 5.75 Å². The first-order valence-electron chi connectivity index (χ1n) is 7.04. The molecular formula is C16H27NO. The minimum absolute atomic E-state index is 0.714. The summed E-state index contributed by atoms with van der Waals surface area (Å²) in [7, 11) is 3.95. The number of methoxy groups -OCH3 is 1. The van der Waals surface area contributed by atoms with Crippen LogP contribution in [0.1, 0.15) is 43.7 Å². The zero-order chi connectivity index (χ0) is 13.5. The molecule has 0 saturated carbocycles. The fourth-order valence-electron chi connectivity index (χ4n) is 2.43. The van der Waals surface area contributed by atoms with Crippen LogP contribution < -0.4 is 4.74 Å². The van der Waals surface area contributed by atoms with Crippen LogP contribution in [0.5, 0.6) is 5.75 Å². The average Bonchev–Trinajstić information content (AvgIpc) is 2.43. The molecule has 0 N–H and O–H groups in total. The van der Waals surface area contributed by atoms with Gasteiger partial charge in [-0.25, -0.2) is 0 Å². The standard InChI is InChI=1S/C14H21NO.C2H6/c1-11-4-5-13(10-14(11)16-3)12-6-8-15(2)9-7-12;1-2/h4-5,10,12H,6-9H2,1-3H3;1-2H3. The van der Waals surface area contributed by atoms with Crippen LogP contribution in [-0.4, -0.2) is 32.1 Å². The molecule has 2 rings (SSSR count). The van der Waals surface area contributed by atoms with Gasteiger partial charge in [0, 0.05) is 0 Å². The van der Waals surface area contributed by atoms with E-state index in [1.54, 1.807) is 7.11 Å². The van der Waals surface area contributed by atoms with E-state index in [4.69, 9.17) is 4.74 Å². The summed E-state index contributed by atoms with van der Waals surface area (Å²) in [6.07, 6.45) is 2.53. The molecule has 0 atom stereocenters. The molecule has 1 aliphatic heterocycles. The van der Waals surface area contributed by atoms with Crippen molar-refractivity contribution in [2.45, 2.75) is 39.5 Å². The molecule has 1 fully saturated rings. The molecule has 0 bridgehead atoms. The summed E-state index contributed by atoms with van der Waals surface area (Å²) in [4.78, 5) is 2.40. The molecule has 18 heavy (non-hydrogen) atoms. The van der Waals surface area contributed by atoms with E-state index in [2.05, 4.69) is 37.1 Å². The van der Waals surface area contributed by atoms with Gasteiger partial charge < -0.3 is 9.64 Å². The normalized spacial score (nSPS) is 16.9. The molecule has 1 aliphatic rings. The van der Waals surface area contributed by atoms with E-state index in [-0.39, 0.29) is 0 Å². The summed E-state index contributed by atoms with van der Waals surface area (Å²) in [5.74, 6) is 1.74. The van der Waals surface area contributed by atoms with Gasteiger partial charge in [0.05, 0.1) is 7.11 Å².